The molecule has 2 aromatic carbocycles. The van der Waals surface area contributed by atoms with Gasteiger partial charge in [-0.2, -0.15) is 0 Å². The third-order valence-corrected chi connectivity index (χ3v) is 6.16. The highest BCUT2D eigenvalue weighted by Gasteiger charge is 2.32. The van der Waals surface area contributed by atoms with Gasteiger partial charge in [0.2, 0.25) is 5.91 Å². The Labute approximate surface area is 188 Å². The number of hydrogen-bond acceptors (Lipinski definition) is 4. The van der Waals surface area contributed by atoms with E-state index in [1.165, 1.54) is 25.7 Å². The SMILES string of the molecule is O=C(C(c1ccccc1)c1ccccc1)N1CCN(C2CCCC2)CC1.O=C(O)C(=O)O. The number of rotatable bonds is 4. The number of carboxylic acid groups (broad SMARTS) is 2. The van der Waals surface area contributed by atoms with E-state index in [1.54, 1.807) is 0 Å². The van der Waals surface area contributed by atoms with Crippen molar-refractivity contribution in [1.82, 2.24) is 9.80 Å². The van der Waals surface area contributed by atoms with Gasteiger partial charge in [-0.1, -0.05) is 73.5 Å². The summed E-state index contributed by atoms with van der Waals surface area (Å²) in [6.45, 7) is 3.75. The first-order chi connectivity index (χ1) is 15.5. The van der Waals surface area contributed by atoms with E-state index in [4.69, 9.17) is 19.8 Å². The van der Waals surface area contributed by atoms with Gasteiger partial charge in [-0.3, -0.25) is 9.69 Å². The van der Waals surface area contributed by atoms with Gasteiger partial charge in [0.15, 0.2) is 0 Å². The van der Waals surface area contributed by atoms with Crippen LogP contribution in [0.15, 0.2) is 60.7 Å². The van der Waals surface area contributed by atoms with Gasteiger partial charge in [0, 0.05) is 32.2 Å². The highest BCUT2D eigenvalue weighted by atomic mass is 16.4. The van der Waals surface area contributed by atoms with Crippen molar-refractivity contribution in [2.24, 2.45) is 0 Å². The van der Waals surface area contributed by atoms with Crippen LogP contribution in [0.5, 0.6) is 0 Å². The van der Waals surface area contributed by atoms with Crippen LogP contribution in [-0.2, 0) is 14.4 Å². The maximum Gasteiger partial charge on any atom is 0.414 e. The van der Waals surface area contributed by atoms with Gasteiger partial charge in [-0.05, 0) is 24.0 Å². The van der Waals surface area contributed by atoms with E-state index >= 15 is 0 Å². The van der Waals surface area contributed by atoms with Crippen LogP contribution in [0, 0.1) is 0 Å². The van der Waals surface area contributed by atoms with Crippen molar-refractivity contribution in [3.63, 3.8) is 0 Å². The number of aliphatic carboxylic acids is 2. The van der Waals surface area contributed by atoms with Gasteiger partial charge < -0.3 is 15.1 Å². The summed E-state index contributed by atoms with van der Waals surface area (Å²) in [5, 5.41) is 14.8. The lowest BCUT2D eigenvalue weighted by Gasteiger charge is -2.39. The highest BCUT2D eigenvalue weighted by molar-refractivity contribution is 6.27. The van der Waals surface area contributed by atoms with E-state index in [0.717, 1.165) is 43.3 Å². The van der Waals surface area contributed by atoms with Crippen LogP contribution < -0.4 is 0 Å². The Bertz CT molecular complexity index is 838. The van der Waals surface area contributed by atoms with Crippen LogP contribution in [0.4, 0.5) is 0 Å². The topological polar surface area (TPSA) is 98.2 Å². The van der Waals surface area contributed by atoms with E-state index in [-0.39, 0.29) is 11.8 Å². The minimum absolute atomic E-state index is 0.199. The first-order valence-corrected chi connectivity index (χ1v) is 11.1. The second kappa shape index (κ2) is 11.4. The van der Waals surface area contributed by atoms with Crippen molar-refractivity contribution in [2.75, 3.05) is 26.2 Å². The molecule has 0 radical (unpaired) electrons. The fourth-order valence-electron chi connectivity index (χ4n) is 4.53. The molecule has 7 nitrogen and oxygen atoms in total. The Morgan fingerprint density at radius 1 is 0.719 bits per heavy atom. The number of hydrogen-bond donors (Lipinski definition) is 2. The summed E-state index contributed by atoms with van der Waals surface area (Å²) in [4.78, 5) is 36.3. The van der Waals surface area contributed by atoms with Gasteiger partial charge in [0.25, 0.3) is 0 Å². The zero-order valence-electron chi connectivity index (χ0n) is 18.1. The largest absolute Gasteiger partial charge is 0.473 e. The molecule has 2 fully saturated rings. The lowest BCUT2D eigenvalue weighted by atomic mass is 9.90. The number of carboxylic acids is 2. The molecule has 1 aliphatic carbocycles. The second-order valence-corrected chi connectivity index (χ2v) is 8.16. The molecular formula is C25H30N2O5. The molecule has 32 heavy (non-hydrogen) atoms. The van der Waals surface area contributed by atoms with Crippen molar-refractivity contribution < 1.29 is 24.6 Å². The van der Waals surface area contributed by atoms with Crippen LogP contribution in [0.1, 0.15) is 42.7 Å². The maximum atomic E-state index is 13.4. The standard InChI is InChI=1S/C23H28N2O.C2H2O4/c26-23(25-17-15-24(16-18-25)21-13-7-8-14-21)22(19-9-3-1-4-10-19)20-11-5-2-6-12-20;3-1(4)2(5)6/h1-6,9-12,21-22H,7-8,13-18H2;(H,3,4)(H,5,6). The molecule has 7 heteroatoms. The smallest absolute Gasteiger partial charge is 0.414 e. The first kappa shape index (κ1) is 23.5. The second-order valence-electron chi connectivity index (χ2n) is 8.16. The van der Waals surface area contributed by atoms with E-state index in [1.807, 2.05) is 36.4 Å². The number of nitrogens with zero attached hydrogens (tertiary/aromatic N) is 2. The summed E-state index contributed by atoms with van der Waals surface area (Å²) in [6, 6.07) is 21.2. The van der Waals surface area contributed by atoms with Crippen molar-refractivity contribution in [3.05, 3.63) is 71.8 Å². The van der Waals surface area contributed by atoms with E-state index < -0.39 is 11.9 Å². The zero-order valence-corrected chi connectivity index (χ0v) is 18.1. The quantitative estimate of drug-likeness (QED) is 0.712. The van der Waals surface area contributed by atoms with Gasteiger partial charge in [-0.25, -0.2) is 9.59 Å². The number of piperazine rings is 1. The number of carbonyl (C=O) groups is 3. The number of carbonyl (C=O) groups excluding carboxylic acids is 1. The molecule has 0 aromatic heterocycles. The molecule has 170 valence electrons. The average Bonchev–Trinajstić information content (AvgIpc) is 3.36. The Hall–Kier alpha value is -3.19. The molecule has 2 aromatic rings. The maximum absolute atomic E-state index is 13.4. The predicted octanol–water partition coefficient (Wildman–Crippen LogP) is 3.06. The molecule has 4 rings (SSSR count). The van der Waals surface area contributed by atoms with Gasteiger partial charge in [-0.15, -0.1) is 0 Å². The Kier molecular flexibility index (Phi) is 8.39. The summed E-state index contributed by atoms with van der Waals surface area (Å²) < 4.78 is 0. The van der Waals surface area contributed by atoms with Crippen molar-refractivity contribution in [3.8, 4) is 0 Å². The molecule has 2 aliphatic rings. The molecule has 0 unspecified atom stereocenters. The van der Waals surface area contributed by atoms with Gasteiger partial charge >= 0.3 is 11.9 Å². The van der Waals surface area contributed by atoms with E-state index in [9.17, 15) is 4.79 Å². The van der Waals surface area contributed by atoms with Crippen molar-refractivity contribution >= 4 is 17.8 Å². The molecule has 0 atom stereocenters. The average molecular weight is 439 g/mol. The Balaban J connectivity index is 0.000000427. The lowest BCUT2D eigenvalue weighted by molar-refractivity contribution is -0.159. The monoisotopic (exact) mass is 438 g/mol. The molecular weight excluding hydrogens is 408 g/mol. The fraction of sp³-hybridized carbons (Fsp3) is 0.400. The van der Waals surface area contributed by atoms with Crippen molar-refractivity contribution in [1.29, 1.82) is 0 Å². The normalized spacial score (nSPS) is 17.0. The lowest BCUT2D eigenvalue weighted by Crippen LogP contribution is -2.52. The third kappa shape index (κ3) is 6.17. The number of amides is 1. The zero-order chi connectivity index (χ0) is 22.9. The van der Waals surface area contributed by atoms with Crippen LogP contribution in [-0.4, -0.2) is 70.1 Å². The van der Waals surface area contributed by atoms with Crippen LogP contribution >= 0.6 is 0 Å². The summed E-state index contributed by atoms with van der Waals surface area (Å²) in [5.41, 5.74) is 2.17. The summed E-state index contributed by atoms with van der Waals surface area (Å²) in [6.07, 6.45) is 5.41. The first-order valence-electron chi connectivity index (χ1n) is 11.1. The van der Waals surface area contributed by atoms with Crippen LogP contribution in [0.25, 0.3) is 0 Å². The summed E-state index contributed by atoms with van der Waals surface area (Å²) >= 11 is 0. The van der Waals surface area contributed by atoms with Crippen molar-refractivity contribution in [2.45, 2.75) is 37.6 Å². The molecule has 1 amide bonds. The Morgan fingerprint density at radius 3 is 1.56 bits per heavy atom. The fourth-order valence-corrected chi connectivity index (χ4v) is 4.53. The molecule has 2 N–H and O–H groups in total. The minimum atomic E-state index is -1.82. The Morgan fingerprint density at radius 2 is 1.16 bits per heavy atom. The molecule has 0 spiro atoms. The van der Waals surface area contributed by atoms with Gasteiger partial charge in [0.05, 0.1) is 5.92 Å². The van der Waals surface area contributed by atoms with Gasteiger partial charge in [0.1, 0.15) is 0 Å². The number of benzene rings is 2. The molecule has 1 saturated heterocycles. The van der Waals surface area contributed by atoms with E-state index in [2.05, 4.69) is 34.1 Å². The molecule has 1 aliphatic heterocycles. The molecule has 0 bridgehead atoms. The molecule has 1 heterocycles. The minimum Gasteiger partial charge on any atom is -0.473 e. The van der Waals surface area contributed by atoms with Crippen LogP contribution in [0.2, 0.25) is 0 Å². The highest BCUT2D eigenvalue weighted by Crippen LogP contribution is 2.29. The summed E-state index contributed by atoms with van der Waals surface area (Å²) in [5.74, 6) is -3.60. The third-order valence-electron chi connectivity index (χ3n) is 6.16. The predicted molar refractivity (Wildman–Crippen MR) is 120 cm³/mol. The van der Waals surface area contributed by atoms with Crippen LogP contribution in [0.3, 0.4) is 0 Å². The van der Waals surface area contributed by atoms with E-state index in [0.29, 0.717) is 0 Å². The molecule has 1 saturated carbocycles. The summed E-state index contributed by atoms with van der Waals surface area (Å²) in [7, 11) is 0.